The molecule has 4 aromatic rings. The summed E-state index contributed by atoms with van der Waals surface area (Å²) in [5, 5.41) is 7.82. The van der Waals surface area contributed by atoms with Crippen LogP contribution in [-0.4, -0.2) is 84.1 Å². The van der Waals surface area contributed by atoms with Crippen molar-refractivity contribution in [1.82, 2.24) is 44.8 Å². The van der Waals surface area contributed by atoms with Gasteiger partial charge in [0, 0.05) is 37.9 Å². The number of nitrogens with one attached hydrogen (secondary N) is 1. The molecule has 0 bridgehead atoms. The second-order valence-corrected chi connectivity index (χ2v) is 12.2. The zero-order valence-electron chi connectivity index (χ0n) is 26.0. The van der Waals surface area contributed by atoms with Crippen molar-refractivity contribution in [3.63, 3.8) is 0 Å². The number of fused-ring (bicyclic) bond motifs is 1. The third kappa shape index (κ3) is 6.13. The number of carbonyl (C=O) groups is 1. The number of hydrogen-bond acceptors (Lipinski definition) is 10. The molecule has 1 saturated heterocycles. The highest BCUT2D eigenvalue weighted by Gasteiger charge is 2.41. The molecule has 1 atom stereocenters. The van der Waals surface area contributed by atoms with E-state index in [1.807, 2.05) is 52.0 Å². The van der Waals surface area contributed by atoms with Gasteiger partial charge in [0.25, 0.3) is 0 Å². The largest absolute Gasteiger partial charge is 0.480 e. The smallest absolute Gasteiger partial charge is 0.432 e. The van der Waals surface area contributed by atoms with Crippen molar-refractivity contribution in [3.05, 3.63) is 71.7 Å². The number of aromatic nitrogens is 6. The van der Waals surface area contributed by atoms with Gasteiger partial charge in [-0.15, -0.1) is 0 Å². The Hall–Kier alpha value is -4.95. The molecule has 1 N–H and O–H groups in total. The summed E-state index contributed by atoms with van der Waals surface area (Å²) in [6, 6.07) is 7.36. The standard InChI is InChI=1S/C31H34F3N9O3/c1-6-41-16-22(31(32,33)34)39-26(41)19-9-7-18(8-10-19)13-43-27-20(12-38-43)11-35-25(40-27)23-24(36-17-37-28(23)45-5)21-14-42(15-21)29(44)46-30(2,3)4/h7-12,16-17,21,26,39H,6,13-15H2,1-5H3. The van der Waals surface area contributed by atoms with Crippen LogP contribution in [-0.2, 0) is 11.3 Å². The number of likely N-dealkylation sites (tertiary alicyclic amines) is 1. The van der Waals surface area contributed by atoms with Gasteiger partial charge < -0.3 is 24.6 Å². The molecule has 1 unspecified atom stereocenters. The molecule has 3 aromatic heterocycles. The van der Waals surface area contributed by atoms with Crippen LogP contribution < -0.4 is 10.1 Å². The Kier molecular flexibility index (Phi) is 7.94. The summed E-state index contributed by atoms with van der Waals surface area (Å²) in [7, 11) is 1.51. The van der Waals surface area contributed by atoms with Crippen LogP contribution in [0.3, 0.4) is 0 Å². The minimum atomic E-state index is -4.45. The summed E-state index contributed by atoms with van der Waals surface area (Å²) in [5.74, 6) is 0.571. The summed E-state index contributed by atoms with van der Waals surface area (Å²) in [5.41, 5.74) is 2.01. The molecule has 1 amide bonds. The number of nitrogens with zero attached hydrogens (tertiary/aromatic N) is 8. The van der Waals surface area contributed by atoms with Crippen molar-refractivity contribution in [2.45, 2.75) is 58.1 Å². The van der Waals surface area contributed by atoms with Gasteiger partial charge in [-0.2, -0.15) is 18.3 Å². The Morgan fingerprint density at radius 3 is 2.46 bits per heavy atom. The Bertz CT molecular complexity index is 1780. The zero-order chi connectivity index (χ0) is 32.8. The molecule has 0 aliphatic carbocycles. The van der Waals surface area contributed by atoms with Gasteiger partial charge in [-0.1, -0.05) is 24.3 Å². The number of allylic oxidation sites excluding steroid dienone is 1. The topological polar surface area (TPSA) is 123 Å². The maximum absolute atomic E-state index is 13.3. The fraction of sp³-hybridized carbons (Fsp3) is 0.419. The number of halogens is 3. The van der Waals surface area contributed by atoms with Crippen molar-refractivity contribution in [2.24, 2.45) is 0 Å². The highest BCUT2D eigenvalue weighted by molar-refractivity contribution is 5.78. The number of methoxy groups -OCH3 is 1. The van der Waals surface area contributed by atoms with E-state index in [9.17, 15) is 18.0 Å². The van der Waals surface area contributed by atoms with Gasteiger partial charge in [-0.3, -0.25) is 0 Å². The maximum atomic E-state index is 13.3. The number of alkyl halides is 3. The summed E-state index contributed by atoms with van der Waals surface area (Å²) in [6.45, 7) is 8.89. The maximum Gasteiger partial charge on any atom is 0.432 e. The van der Waals surface area contributed by atoms with E-state index in [1.165, 1.54) is 13.4 Å². The second-order valence-electron chi connectivity index (χ2n) is 12.2. The first kappa shape index (κ1) is 31.0. The molecule has 2 aliphatic rings. The predicted octanol–water partition coefficient (Wildman–Crippen LogP) is 5.00. The van der Waals surface area contributed by atoms with Gasteiger partial charge in [0.15, 0.2) is 11.5 Å². The number of carbonyl (C=O) groups excluding carboxylic acids is 1. The molecule has 1 aromatic carbocycles. The number of rotatable bonds is 7. The van der Waals surface area contributed by atoms with Gasteiger partial charge in [0.05, 0.1) is 30.9 Å². The van der Waals surface area contributed by atoms with Crippen molar-refractivity contribution in [2.75, 3.05) is 26.7 Å². The summed E-state index contributed by atoms with van der Waals surface area (Å²) >= 11 is 0. The third-order valence-electron chi connectivity index (χ3n) is 7.77. The molecule has 46 heavy (non-hydrogen) atoms. The van der Waals surface area contributed by atoms with Crippen LogP contribution in [0.25, 0.3) is 22.4 Å². The van der Waals surface area contributed by atoms with Crippen LogP contribution in [0.1, 0.15) is 56.6 Å². The first-order valence-electron chi connectivity index (χ1n) is 14.8. The molecule has 15 heteroatoms. The van der Waals surface area contributed by atoms with E-state index in [0.29, 0.717) is 60.4 Å². The van der Waals surface area contributed by atoms with E-state index >= 15 is 0 Å². The minimum absolute atomic E-state index is 0.0949. The number of amides is 1. The fourth-order valence-corrected chi connectivity index (χ4v) is 5.48. The van der Waals surface area contributed by atoms with Gasteiger partial charge in [0.1, 0.15) is 29.4 Å². The lowest BCUT2D eigenvalue weighted by atomic mass is 9.93. The molecule has 242 valence electrons. The molecule has 0 saturated carbocycles. The van der Waals surface area contributed by atoms with Crippen LogP contribution in [0.4, 0.5) is 18.0 Å². The van der Waals surface area contributed by atoms with Crippen LogP contribution >= 0.6 is 0 Å². The van der Waals surface area contributed by atoms with E-state index < -0.39 is 23.6 Å². The molecule has 1 fully saturated rings. The third-order valence-corrected chi connectivity index (χ3v) is 7.77. The predicted molar refractivity (Wildman–Crippen MR) is 161 cm³/mol. The molecule has 12 nitrogen and oxygen atoms in total. The second kappa shape index (κ2) is 11.8. The average Bonchev–Trinajstić information content (AvgIpc) is 3.60. The molecule has 5 heterocycles. The fourth-order valence-electron chi connectivity index (χ4n) is 5.48. The van der Waals surface area contributed by atoms with Gasteiger partial charge in [-0.05, 0) is 38.8 Å². The van der Waals surface area contributed by atoms with Crippen LogP contribution in [0.2, 0.25) is 0 Å². The lowest BCUT2D eigenvalue weighted by Crippen LogP contribution is -2.50. The van der Waals surface area contributed by atoms with E-state index in [-0.39, 0.29) is 12.0 Å². The zero-order valence-corrected chi connectivity index (χ0v) is 26.0. The number of benzene rings is 1. The Morgan fingerprint density at radius 1 is 1.07 bits per heavy atom. The van der Waals surface area contributed by atoms with Crippen LogP contribution in [0.15, 0.2) is 54.9 Å². The molecule has 0 radical (unpaired) electrons. The van der Waals surface area contributed by atoms with Crippen LogP contribution in [0.5, 0.6) is 5.88 Å². The first-order valence-corrected chi connectivity index (χ1v) is 14.8. The highest BCUT2D eigenvalue weighted by Crippen LogP contribution is 2.37. The summed E-state index contributed by atoms with van der Waals surface area (Å²) in [4.78, 5) is 34.0. The summed E-state index contributed by atoms with van der Waals surface area (Å²) in [6.07, 6.45) is 0.437. The Balaban J connectivity index is 1.23. The molecular weight excluding hydrogens is 603 g/mol. The van der Waals surface area contributed by atoms with Crippen molar-refractivity contribution in [3.8, 4) is 17.3 Å². The first-order chi connectivity index (χ1) is 21.8. The monoisotopic (exact) mass is 637 g/mol. The quantitative estimate of drug-likeness (QED) is 0.296. The lowest BCUT2D eigenvalue weighted by molar-refractivity contribution is -0.0963. The van der Waals surface area contributed by atoms with E-state index in [4.69, 9.17) is 14.5 Å². The highest BCUT2D eigenvalue weighted by atomic mass is 19.4. The number of hydrogen-bond donors (Lipinski definition) is 1. The Morgan fingerprint density at radius 2 is 1.80 bits per heavy atom. The van der Waals surface area contributed by atoms with Crippen molar-refractivity contribution < 1.29 is 27.4 Å². The average molecular weight is 638 g/mol. The minimum Gasteiger partial charge on any atom is -0.480 e. The number of ether oxygens (including phenoxy) is 2. The van der Waals surface area contributed by atoms with Crippen molar-refractivity contribution >= 4 is 17.1 Å². The van der Waals surface area contributed by atoms with Gasteiger partial charge in [0.2, 0.25) is 5.88 Å². The van der Waals surface area contributed by atoms with Crippen LogP contribution in [0, 0.1) is 0 Å². The molecule has 0 spiro atoms. The summed E-state index contributed by atoms with van der Waals surface area (Å²) < 4.78 is 52.7. The SMILES string of the molecule is CCN1C=C(C(F)(F)F)NC1c1ccc(Cn2ncc3cnc(-c4c(OC)ncnc4C4CN(C(=O)OC(C)(C)C)C4)nc32)cc1. The van der Waals surface area contributed by atoms with Gasteiger partial charge >= 0.3 is 12.3 Å². The van der Waals surface area contributed by atoms with E-state index in [2.05, 4.69) is 25.4 Å². The van der Waals surface area contributed by atoms with Gasteiger partial charge in [-0.25, -0.2) is 29.4 Å². The molecule has 6 rings (SSSR count). The lowest BCUT2D eigenvalue weighted by Gasteiger charge is -2.39. The molecular formula is C31H34F3N9O3. The van der Waals surface area contributed by atoms with E-state index in [0.717, 1.165) is 17.1 Å². The normalized spacial score (nSPS) is 17.1. The van der Waals surface area contributed by atoms with Crippen molar-refractivity contribution in [1.29, 1.82) is 0 Å². The van der Waals surface area contributed by atoms with E-state index in [1.54, 1.807) is 26.9 Å². The molecule has 2 aliphatic heterocycles. The Labute approximate surface area is 263 Å².